The van der Waals surface area contributed by atoms with Crippen molar-refractivity contribution in [2.75, 3.05) is 26.7 Å². The van der Waals surface area contributed by atoms with E-state index in [0.717, 1.165) is 31.4 Å². The molecule has 0 amide bonds. The molecule has 2 N–H and O–H groups in total. The lowest BCUT2D eigenvalue weighted by Gasteiger charge is -2.34. The lowest BCUT2D eigenvalue weighted by molar-refractivity contribution is 0.146. The molecular weight excluding hydrogens is 427 g/mol. The molecular formula is C19H33IN4O. The highest BCUT2D eigenvalue weighted by molar-refractivity contribution is 14.0. The average Bonchev–Trinajstić information content (AvgIpc) is 3.17. The number of piperidine rings is 1. The number of halogens is 1. The molecule has 1 aliphatic carbocycles. The number of guanidine groups is 1. The highest BCUT2D eigenvalue weighted by atomic mass is 127. The van der Waals surface area contributed by atoms with E-state index in [1.807, 2.05) is 13.1 Å². The second-order valence-electron chi connectivity index (χ2n) is 7.06. The number of furan rings is 1. The predicted molar refractivity (Wildman–Crippen MR) is 114 cm³/mol. The van der Waals surface area contributed by atoms with Crippen LogP contribution in [0.5, 0.6) is 0 Å². The zero-order valence-corrected chi connectivity index (χ0v) is 17.7. The van der Waals surface area contributed by atoms with E-state index in [1.54, 1.807) is 6.26 Å². The van der Waals surface area contributed by atoms with Crippen LogP contribution in [0.2, 0.25) is 0 Å². The standard InChI is InChI=1S/C19H32N4O.HI/c1-20-19(22-16-9-4-2-5-10-16)21-15-17(18-11-8-14-24-18)23-12-6-3-7-13-23;/h8,11,14,16-17H,2-7,9-10,12-13,15H2,1H3,(H2,20,21,22);1H. The van der Waals surface area contributed by atoms with Crippen LogP contribution < -0.4 is 10.6 Å². The number of hydrogen-bond acceptors (Lipinski definition) is 3. The van der Waals surface area contributed by atoms with Crippen molar-refractivity contribution in [3.63, 3.8) is 0 Å². The van der Waals surface area contributed by atoms with Crippen molar-refractivity contribution in [1.29, 1.82) is 0 Å². The minimum Gasteiger partial charge on any atom is -0.468 e. The molecule has 25 heavy (non-hydrogen) atoms. The highest BCUT2D eigenvalue weighted by Crippen LogP contribution is 2.24. The van der Waals surface area contributed by atoms with Gasteiger partial charge in [-0.15, -0.1) is 24.0 Å². The SMILES string of the molecule is CN=C(NCC(c1ccco1)N1CCCCC1)NC1CCCCC1.I. The molecule has 1 unspecified atom stereocenters. The van der Waals surface area contributed by atoms with E-state index in [9.17, 15) is 0 Å². The van der Waals surface area contributed by atoms with Gasteiger partial charge in [0.1, 0.15) is 5.76 Å². The van der Waals surface area contributed by atoms with Gasteiger partial charge in [0.25, 0.3) is 0 Å². The Morgan fingerprint density at radius 3 is 2.56 bits per heavy atom. The normalized spacial score (nSPS) is 21.4. The summed E-state index contributed by atoms with van der Waals surface area (Å²) in [5.41, 5.74) is 0. The summed E-state index contributed by atoms with van der Waals surface area (Å²) in [5, 5.41) is 7.14. The predicted octanol–water partition coefficient (Wildman–Crippen LogP) is 3.92. The number of aliphatic imine (C=N–C) groups is 1. The zero-order valence-electron chi connectivity index (χ0n) is 15.4. The van der Waals surface area contributed by atoms with Crippen LogP contribution in [0.15, 0.2) is 27.8 Å². The lowest BCUT2D eigenvalue weighted by atomic mass is 9.96. The fourth-order valence-electron chi connectivity index (χ4n) is 3.95. The first-order valence-corrected chi connectivity index (χ1v) is 9.61. The van der Waals surface area contributed by atoms with E-state index >= 15 is 0 Å². The summed E-state index contributed by atoms with van der Waals surface area (Å²) in [5.74, 6) is 1.98. The summed E-state index contributed by atoms with van der Waals surface area (Å²) < 4.78 is 5.72. The van der Waals surface area contributed by atoms with Gasteiger partial charge in [-0.25, -0.2) is 0 Å². The molecule has 2 aliphatic rings. The van der Waals surface area contributed by atoms with Crippen LogP contribution in [-0.2, 0) is 0 Å². The molecule has 0 bridgehead atoms. The van der Waals surface area contributed by atoms with E-state index in [2.05, 4.69) is 26.6 Å². The third-order valence-corrected chi connectivity index (χ3v) is 5.34. The fraction of sp³-hybridized carbons (Fsp3) is 0.737. The van der Waals surface area contributed by atoms with Gasteiger partial charge in [0.15, 0.2) is 5.96 Å². The molecule has 0 spiro atoms. The molecule has 2 fully saturated rings. The summed E-state index contributed by atoms with van der Waals surface area (Å²) in [7, 11) is 1.86. The Bertz CT molecular complexity index is 494. The van der Waals surface area contributed by atoms with Crippen molar-refractivity contribution < 1.29 is 4.42 Å². The van der Waals surface area contributed by atoms with E-state index in [-0.39, 0.29) is 30.0 Å². The van der Waals surface area contributed by atoms with Gasteiger partial charge in [0.05, 0.1) is 12.3 Å². The number of nitrogens with zero attached hydrogens (tertiary/aromatic N) is 2. The van der Waals surface area contributed by atoms with Crippen molar-refractivity contribution >= 4 is 29.9 Å². The van der Waals surface area contributed by atoms with E-state index < -0.39 is 0 Å². The largest absolute Gasteiger partial charge is 0.468 e. The first kappa shape index (κ1) is 20.6. The van der Waals surface area contributed by atoms with Gasteiger partial charge in [-0.2, -0.15) is 0 Å². The summed E-state index contributed by atoms with van der Waals surface area (Å²) >= 11 is 0. The van der Waals surface area contributed by atoms with E-state index in [1.165, 1.54) is 51.4 Å². The summed E-state index contributed by atoms with van der Waals surface area (Å²) in [6.07, 6.45) is 12.2. The van der Waals surface area contributed by atoms with Gasteiger partial charge < -0.3 is 15.1 Å². The Balaban J connectivity index is 0.00000225. The van der Waals surface area contributed by atoms with Gasteiger partial charge >= 0.3 is 0 Å². The maximum Gasteiger partial charge on any atom is 0.191 e. The van der Waals surface area contributed by atoms with Gasteiger partial charge in [0.2, 0.25) is 0 Å². The molecule has 0 aromatic carbocycles. The third-order valence-electron chi connectivity index (χ3n) is 5.34. The molecule has 0 radical (unpaired) electrons. The number of hydrogen-bond donors (Lipinski definition) is 2. The van der Waals surface area contributed by atoms with Crippen molar-refractivity contribution in [2.24, 2.45) is 4.99 Å². The smallest absolute Gasteiger partial charge is 0.191 e. The van der Waals surface area contributed by atoms with Crippen molar-refractivity contribution in [3.05, 3.63) is 24.2 Å². The molecule has 1 aliphatic heterocycles. The van der Waals surface area contributed by atoms with Crippen molar-refractivity contribution in [2.45, 2.75) is 63.5 Å². The molecule has 142 valence electrons. The van der Waals surface area contributed by atoms with Crippen molar-refractivity contribution in [1.82, 2.24) is 15.5 Å². The van der Waals surface area contributed by atoms with Gasteiger partial charge in [-0.05, 0) is 50.9 Å². The first-order chi connectivity index (χ1) is 11.9. The van der Waals surface area contributed by atoms with Gasteiger partial charge in [-0.1, -0.05) is 25.7 Å². The van der Waals surface area contributed by atoms with Crippen LogP contribution in [0.3, 0.4) is 0 Å². The van der Waals surface area contributed by atoms with Crippen LogP contribution >= 0.6 is 24.0 Å². The molecule has 5 nitrogen and oxygen atoms in total. The zero-order chi connectivity index (χ0) is 16.6. The molecule has 6 heteroatoms. The Labute approximate surface area is 169 Å². The van der Waals surface area contributed by atoms with Crippen LogP contribution in [0.25, 0.3) is 0 Å². The molecule has 3 rings (SSSR count). The monoisotopic (exact) mass is 460 g/mol. The maximum absolute atomic E-state index is 5.72. The average molecular weight is 460 g/mol. The van der Waals surface area contributed by atoms with E-state index in [0.29, 0.717) is 6.04 Å². The van der Waals surface area contributed by atoms with Gasteiger partial charge in [-0.3, -0.25) is 9.89 Å². The number of rotatable bonds is 5. The van der Waals surface area contributed by atoms with Crippen molar-refractivity contribution in [3.8, 4) is 0 Å². The second kappa shape index (κ2) is 11.1. The second-order valence-corrected chi connectivity index (χ2v) is 7.06. The Morgan fingerprint density at radius 1 is 1.20 bits per heavy atom. The minimum absolute atomic E-state index is 0. The maximum atomic E-state index is 5.72. The van der Waals surface area contributed by atoms with Crippen LogP contribution in [0, 0.1) is 0 Å². The third kappa shape index (κ3) is 6.16. The highest BCUT2D eigenvalue weighted by Gasteiger charge is 2.25. The minimum atomic E-state index is 0. The molecule has 1 atom stereocenters. The Morgan fingerprint density at radius 2 is 1.92 bits per heavy atom. The summed E-state index contributed by atoms with van der Waals surface area (Å²) in [6.45, 7) is 3.14. The van der Waals surface area contributed by atoms with Crippen LogP contribution in [0.1, 0.15) is 63.2 Å². The molecule has 1 saturated heterocycles. The van der Waals surface area contributed by atoms with Crippen LogP contribution in [-0.4, -0.2) is 43.6 Å². The van der Waals surface area contributed by atoms with Crippen LogP contribution in [0.4, 0.5) is 0 Å². The number of likely N-dealkylation sites (tertiary alicyclic amines) is 1. The van der Waals surface area contributed by atoms with E-state index in [4.69, 9.17) is 4.42 Å². The van der Waals surface area contributed by atoms with Gasteiger partial charge in [0, 0.05) is 19.6 Å². The first-order valence-electron chi connectivity index (χ1n) is 9.61. The topological polar surface area (TPSA) is 52.8 Å². The quantitative estimate of drug-likeness (QED) is 0.398. The lowest BCUT2D eigenvalue weighted by Crippen LogP contribution is -2.47. The molecule has 2 heterocycles. The molecule has 1 aromatic heterocycles. The molecule has 1 saturated carbocycles. The Kier molecular flexibility index (Phi) is 9.09. The fourth-order valence-corrected chi connectivity index (χ4v) is 3.95. The molecule has 1 aromatic rings. The number of nitrogens with one attached hydrogen (secondary N) is 2. The summed E-state index contributed by atoms with van der Waals surface area (Å²) in [4.78, 5) is 6.97. The summed E-state index contributed by atoms with van der Waals surface area (Å²) in [6, 6.07) is 4.94. The Hall–Kier alpha value is -0.760.